The lowest BCUT2D eigenvalue weighted by molar-refractivity contribution is -0.144. The number of carbonyl (C=O) groups excluding carboxylic acids is 1. The van der Waals surface area contributed by atoms with E-state index in [2.05, 4.69) is 34.2 Å². The first-order valence-electron chi connectivity index (χ1n) is 9.70. The van der Waals surface area contributed by atoms with Gasteiger partial charge >= 0.3 is 6.18 Å². The number of alkyl halides is 3. The molecule has 0 radical (unpaired) electrons. The fraction of sp³-hybridized carbons (Fsp3) is 0.429. The van der Waals surface area contributed by atoms with Gasteiger partial charge in [-0.3, -0.25) is 4.79 Å². The second-order valence-electron chi connectivity index (χ2n) is 7.74. The molecule has 0 saturated carbocycles. The summed E-state index contributed by atoms with van der Waals surface area (Å²) in [7, 11) is 0. The molecule has 0 spiro atoms. The minimum absolute atomic E-state index is 0.0107. The average molecular weight is 419 g/mol. The molecule has 9 heteroatoms. The lowest BCUT2D eigenvalue weighted by Crippen LogP contribution is -2.31. The molecule has 0 fully saturated rings. The van der Waals surface area contributed by atoms with Crippen LogP contribution in [0.25, 0.3) is 5.78 Å². The molecular formula is C21H24F3N5O. The monoisotopic (exact) mass is 419 g/mol. The van der Waals surface area contributed by atoms with Crippen molar-refractivity contribution in [1.82, 2.24) is 24.9 Å². The minimum Gasteiger partial charge on any atom is -0.349 e. The average Bonchev–Trinajstić information content (AvgIpc) is 3.09. The summed E-state index contributed by atoms with van der Waals surface area (Å²) in [6.07, 6.45) is -3.91. The number of hydrogen-bond donors (Lipinski definition) is 1. The number of halogens is 3. The normalized spacial score (nSPS) is 13.1. The Kier molecular flexibility index (Phi) is 6.09. The molecule has 0 saturated heterocycles. The largest absolute Gasteiger partial charge is 0.453 e. The van der Waals surface area contributed by atoms with Crippen LogP contribution in [-0.2, 0) is 17.4 Å². The highest BCUT2D eigenvalue weighted by atomic mass is 19.4. The van der Waals surface area contributed by atoms with Crippen LogP contribution in [0, 0.1) is 19.8 Å². The molecule has 6 nitrogen and oxygen atoms in total. The van der Waals surface area contributed by atoms with Crippen LogP contribution in [0.2, 0.25) is 0 Å². The van der Waals surface area contributed by atoms with Crippen molar-refractivity contribution < 1.29 is 18.0 Å². The molecule has 1 N–H and O–H groups in total. The lowest BCUT2D eigenvalue weighted by atomic mass is 9.96. The van der Waals surface area contributed by atoms with E-state index < -0.39 is 12.0 Å². The van der Waals surface area contributed by atoms with Gasteiger partial charge in [-0.2, -0.15) is 18.2 Å². The van der Waals surface area contributed by atoms with Crippen molar-refractivity contribution in [1.29, 1.82) is 0 Å². The number of amides is 1. The molecule has 0 aliphatic heterocycles. The molecule has 0 unspecified atom stereocenters. The van der Waals surface area contributed by atoms with Gasteiger partial charge in [0.1, 0.15) is 0 Å². The van der Waals surface area contributed by atoms with E-state index in [1.165, 1.54) is 0 Å². The number of carbonyl (C=O) groups is 1. The van der Waals surface area contributed by atoms with E-state index >= 15 is 0 Å². The second kappa shape index (κ2) is 8.41. The first-order valence-corrected chi connectivity index (χ1v) is 9.70. The predicted octanol–water partition coefficient (Wildman–Crippen LogP) is 4.21. The van der Waals surface area contributed by atoms with Crippen molar-refractivity contribution >= 4 is 11.7 Å². The maximum Gasteiger partial charge on any atom is 0.453 e. The summed E-state index contributed by atoms with van der Waals surface area (Å²) in [4.78, 5) is 20.4. The Morgan fingerprint density at radius 2 is 1.80 bits per heavy atom. The Morgan fingerprint density at radius 3 is 2.40 bits per heavy atom. The van der Waals surface area contributed by atoms with Crippen LogP contribution in [0.4, 0.5) is 13.2 Å². The van der Waals surface area contributed by atoms with Crippen LogP contribution in [0.3, 0.4) is 0 Å². The number of fused-ring (bicyclic) bond motifs is 1. The van der Waals surface area contributed by atoms with Crippen LogP contribution in [0.1, 0.15) is 54.6 Å². The molecule has 160 valence electrons. The van der Waals surface area contributed by atoms with Crippen LogP contribution in [0.5, 0.6) is 0 Å². The van der Waals surface area contributed by atoms with Crippen LogP contribution in [0.15, 0.2) is 30.3 Å². The first-order chi connectivity index (χ1) is 14.1. The van der Waals surface area contributed by atoms with Crippen molar-refractivity contribution in [3.8, 4) is 0 Å². The third-order valence-corrected chi connectivity index (χ3v) is 4.88. The van der Waals surface area contributed by atoms with Gasteiger partial charge in [0.05, 0.1) is 12.5 Å². The quantitative estimate of drug-likeness (QED) is 0.650. The number of benzene rings is 1. The van der Waals surface area contributed by atoms with Crippen LogP contribution in [-0.4, -0.2) is 25.5 Å². The Bertz CT molecular complexity index is 1040. The standard InChI is InChI=1S/C21H24F3N5O/c1-12(2)10-17(15-8-6-5-7-9-15)26-18(30)11-16-13(3)25-20-27-19(21(22,23)24)28-29(20)14(16)4/h5-9,12,17H,10-11H2,1-4H3,(H,26,30)/t17-/m0/s1. The maximum atomic E-state index is 12.9. The molecule has 2 heterocycles. The van der Waals surface area contributed by atoms with E-state index in [1.807, 2.05) is 30.3 Å². The van der Waals surface area contributed by atoms with Gasteiger partial charge in [0, 0.05) is 17.0 Å². The van der Waals surface area contributed by atoms with Gasteiger partial charge in [0.15, 0.2) is 0 Å². The molecule has 3 rings (SSSR count). The molecule has 30 heavy (non-hydrogen) atoms. The number of aryl methyl sites for hydroxylation is 2. The zero-order chi connectivity index (χ0) is 22.1. The maximum absolute atomic E-state index is 12.9. The second-order valence-corrected chi connectivity index (χ2v) is 7.74. The molecule has 3 aromatic rings. The summed E-state index contributed by atoms with van der Waals surface area (Å²) in [6, 6.07) is 9.53. The summed E-state index contributed by atoms with van der Waals surface area (Å²) < 4.78 is 39.9. The van der Waals surface area contributed by atoms with E-state index in [1.54, 1.807) is 13.8 Å². The smallest absolute Gasteiger partial charge is 0.349 e. The molecule has 1 atom stereocenters. The van der Waals surface area contributed by atoms with Crippen molar-refractivity contribution in [2.75, 3.05) is 0 Å². The number of nitrogens with zero attached hydrogens (tertiary/aromatic N) is 4. The minimum atomic E-state index is -4.66. The number of nitrogens with one attached hydrogen (secondary N) is 1. The summed E-state index contributed by atoms with van der Waals surface area (Å²) in [6.45, 7) is 7.43. The fourth-order valence-electron chi connectivity index (χ4n) is 3.43. The van der Waals surface area contributed by atoms with Gasteiger partial charge in [-0.05, 0) is 31.7 Å². The zero-order valence-electron chi connectivity index (χ0n) is 17.3. The number of rotatable bonds is 6. The predicted molar refractivity (Wildman–Crippen MR) is 106 cm³/mol. The van der Waals surface area contributed by atoms with E-state index in [-0.39, 0.29) is 24.1 Å². The Balaban J connectivity index is 1.86. The van der Waals surface area contributed by atoms with Gasteiger partial charge in [-0.15, -0.1) is 5.10 Å². The molecular weight excluding hydrogens is 395 g/mol. The van der Waals surface area contributed by atoms with Gasteiger partial charge < -0.3 is 5.32 Å². The molecule has 1 aromatic carbocycles. The third kappa shape index (κ3) is 4.77. The number of aromatic nitrogens is 4. The van der Waals surface area contributed by atoms with Gasteiger partial charge in [0.25, 0.3) is 11.6 Å². The SMILES string of the molecule is Cc1nc2nc(C(F)(F)F)nn2c(C)c1CC(=O)N[C@@H](CC(C)C)c1ccccc1. The van der Waals surface area contributed by atoms with Crippen LogP contribution < -0.4 is 5.32 Å². The number of hydrogen-bond acceptors (Lipinski definition) is 4. The van der Waals surface area contributed by atoms with Crippen molar-refractivity contribution in [3.05, 3.63) is 58.7 Å². The summed E-state index contributed by atoms with van der Waals surface area (Å²) in [5, 5.41) is 6.58. The topological polar surface area (TPSA) is 72.2 Å². The van der Waals surface area contributed by atoms with Gasteiger partial charge in [-0.1, -0.05) is 44.2 Å². The third-order valence-electron chi connectivity index (χ3n) is 4.88. The zero-order valence-corrected chi connectivity index (χ0v) is 17.3. The molecule has 1 amide bonds. The van der Waals surface area contributed by atoms with Gasteiger partial charge in [-0.25, -0.2) is 9.50 Å². The van der Waals surface area contributed by atoms with Crippen molar-refractivity contribution in [3.63, 3.8) is 0 Å². The Hall–Kier alpha value is -2.97. The van der Waals surface area contributed by atoms with Crippen molar-refractivity contribution in [2.24, 2.45) is 5.92 Å². The molecule has 0 aliphatic rings. The molecule has 0 bridgehead atoms. The Morgan fingerprint density at radius 1 is 1.13 bits per heavy atom. The van der Waals surface area contributed by atoms with Crippen LogP contribution >= 0.6 is 0 Å². The lowest BCUT2D eigenvalue weighted by Gasteiger charge is -2.21. The van der Waals surface area contributed by atoms with Gasteiger partial charge in [0.2, 0.25) is 5.91 Å². The first kappa shape index (κ1) is 21.7. The van der Waals surface area contributed by atoms with E-state index in [0.717, 1.165) is 16.5 Å². The van der Waals surface area contributed by atoms with E-state index in [0.29, 0.717) is 22.9 Å². The summed E-state index contributed by atoms with van der Waals surface area (Å²) in [5.41, 5.74) is 2.41. The highest BCUT2D eigenvalue weighted by Gasteiger charge is 2.37. The highest BCUT2D eigenvalue weighted by molar-refractivity contribution is 5.79. The van der Waals surface area contributed by atoms with Crippen molar-refractivity contribution in [2.45, 2.75) is 52.8 Å². The Labute approximate surface area is 172 Å². The summed E-state index contributed by atoms with van der Waals surface area (Å²) >= 11 is 0. The van der Waals surface area contributed by atoms with E-state index in [4.69, 9.17) is 0 Å². The molecule has 0 aliphatic carbocycles. The highest BCUT2D eigenvalue weighted by Crippen LogP contribution is 2.27. The van der Waals surface area contributed by atoms with E-state index in [9.17, 15) is 18.0 Å². The fourth-order valence-corrected chi connectivity index (χ4v) is 3.43. The molecule has 2 aromatic heterocycles. The summed E-state index contributed by atoms with van der Waals surface area (Å²) in [5.74, 6) is -1.25.